The topological polar surface area (TPSA) is 95.9 Å². The Morgan fingerprint density at radius 1 is 1.21 bits per heavy atom. The van der Waals surface area contributed by atoms with Gasteiger partial charge in [0.2, 0.25) is 10.0 Å². The summed E-state index contributed by atoms with van der Waals surface area (Å²) in [5.41, 5.74) is 2.10. The van der Waals surface area contributed by atoms with Gasteiger partial charge in [0.15, 0.2) is 0 Å². The largest absolute Gasteiger partial charge is 0.493 e. The minimum absolute atomic E-state index is 0.0538. The monoisotopic (exact) mass is 444 g/mol. The number of benzene rings is 2. The molecule has 0 spiro atoms. The molecule has 0 aromatic heterocycles. The highest BCUT2D eigenvalue weighted by Crippen LogP contribution is 2.24. The van der Waals surface area contributed by atoms with E-state index >= 15 is 0 Å². The van der Waals surface area contributed by atoms with Gasteiger partial charge in [-0.05, 0) is 48.9 Å². The summed E-state index contributed by atoms with van der Waals surface area (Å²) in [5.74, 6) is -0.462. The van der Waals surface area contributed by atoms with Crippen LogP contribution >= 0.6 is 11.6 Å². The lowest BCUT2D eigenvalue weighted by atomic mass is 10.2. The molecule has 158 valence electrons. The summed E-state index contributed by atoms with van der Waals surface area (Å²) in [6.07, 6.45) is 0.239. The van der Waals surface area contributed by atoms with E-state index in [2.05, 4.69) is 0 Å². The molecule has 0 aliphatic rings. The quantitative estimate of drug-likeness (QED) is 0.333. The molecule has 0 unspecified atom stereocenters. The van der Waals surface area contributed by atoms with Crippen molar-refractivity contribution in [2.75, 3.05) is 13.3 Å². The van der Waals surface area contributed by atoms with Crippen LogP contribution in [-0.2, 0) is 21.4 Å². The Kier molecular flexibility index (Phi) is 8.39. The minimum atomic E-state index is -4.09. The van der Waals surface area contributed by atoms with Crippen LogP contribution in [0.25, 0.3) is 0 Å². The van der Waals surface area contributed by atoms with Gasteiger partial charge >= 0.3 is 0 Å². The minimum Gasteiger partial charge on any atom is -0.493 e. The summed E-state index contributed by atoms with van der Waals surface area (Å²) in [6, 6.07) is 11.0. The second-order valence-corrected chi connectivity index (χ2v) is 8.52. The van der Waals surface area contributed by atoms with E-state index in [-0.39, 0.29) is 24.5 Å². The fourth-order valence-electron chi connectivity index (χ4n) is 2.51. The van der Waals surface area contributed by atoms with Crippen molar-refractivity contribution >= 4 is 27.5 Å². The number of hydrogen-bond acceptors (Lipinski definition) is 5. The fourth-order valence-corrected chi connectivity index (χ4v) is 4.22. The van der Waals surface area contributed by atoms with Gasteiger partial charge in [-0.25, -0.2) is 13.9 Å². The molecule has 0 fully saturated rings. The third-order valence-corrected chi connectivity index (χ3v) is 6.33. The summed E-state index contributed by atoms with van der Waals surface area (Å²) in [5, 5.41) is 9.44. The second kappa shape index (κ2) is 10.5. The van der Waals surface area contributed by atoms with Gasteiger partial charge in [0.25, 0.3) is 5.91 Å². The zero-order chi connectivity index (χ0) is 21.4. The zero-order valence-corrected chi connectivity index (χ0v) is 17.3. The SMILES string of the molecule is C[C@H](C(=O)NO)N(Cc1ccc(Cl)cc1)S(=O)(=O)c1ccc(OCCCF)cc1. The van der Waals surface area contributed by atoms with E-state index in [4.69, 9.17) is 21.5 Å². The molecule has 0 heterocycles. The molecule has 10 heteroatoms. The lowest BCUT2D eigenvalue weighted by Gasteiger charge is -2.27. The number of hydroxylamine groups is 1. The molecule has 2 aromatic rings. The number of ether oxygens (including phenoxy) is 1. The summed E-state index contributed by atoms with van der Waals surface area (Å²) in [7, 11) is -4.09. The van der Waals surface area contributed by atoms with Crippen LogP contribution in [0, 0.1) is 0 Å². The van der Waals surface area contributed by atoms with Crippen molar-refractivity contribution in [3.63, 3.8) is 0 Å². The molecule has 1 amide bonds. The summed E-state index contributed by atoms with van der Waals surface area (Å²) >= 11 is 5.87. The molecule has 29 heavy (non-hydrogen) atoms. The Bertz CT molecular complexity index is 907. The molecule has 0 aliphatic heterocycles. The standard InChI is InChI=1S/C19H22ClFN2O5S/c1-14(19(24)22-25)23(13-15-3-5-16(20)6-4-15)29(26,27)18-9-7-17(8-10-18)28-12-2-11-21/h3-10,14,25H,2,11-13H2,1H3,(H,22,24)/t14-/m1/s1. The van der Waals surface area contributed by atoms with Crippen molar-refractivity contribution in [3.05, 3.63) is 59.1 Å². The van der Waals surface area contributed by atoms with Crippen LogP contribution < -0.4 is 10.2 Å². The van der Waals surface area contributed by atoms with Gasteiger partial charge in [-0.2, -0.15) is 4.31 Å². The van der Waals surface area contributed by atoms with Gasteiger partial charge in [-0.1, -0.05) is 23.7 Å². The van der Waals surface area contributed by atoms with Crippen LogP contribution in [0.3, 0.4) is 0 Å². The van der Waals surface area contributed by atoms with Gasteiger partial charge in [0, 0.05) is 18.0 Å². The Morgan fingerprint density at radius 2 is 1.83 bits per heavy atom. The van der Waals surface area contributed by atoms with Crippen LogP contribution in [0.5, 0.6) is 5.75 Å². The van der Waals surface area contributed by atoms with Crippen LogP contribution in [0.4, 0.5) is 4.39 Å². The van der Waals surface area contributed by atoms with Crippen LogP contribution in [0.15, 0.2) is 53.4 Å². The number of halogens is 2. The number of carbonyl (C=O) groups is 1. The molecule has 7 nitrogen and oxygen atoms in total. The average Bonchev–Trinajstić information content (AvgIpc) is 2.72. The van der Waals surface area contributed by atoms with E-state index in [1.165, 1.54) is 36.7 Å². The number of amides is 1. The van der Waals surface area contributed by atoms with Gasteiger partial charge < -0.3 is 4.74 Å². The third-order valence-electron chi connectivity index (χ3n) is 4.15. The first kappa shape index (κ1) is 23.1. The predicted molar refractivity (Wildman–Crippen MR) is 106 cm³/mol. The highest BCUT2D eigenvalue weighted by molar-refractivity contribution is 7.89. The maximum absolute atomic E-state index is 13.2. The Morgan fingerprint density at radius 3 is 2.38 bits per heavy atom. The first-order valence-corrected chi connectivity index (χ1v) is 10.6. The summed E-state index contributed by atoms with van der Waals surface area (Å²) in [6.45, 7) is 0.937. The molecule has 0 radical (unpaired) electrons. The number of carbonyl (C=O) groups excluding carboxylic acids is 1. The summed E-state index contributed by atoms with van der Waals surface area (Å²) < 4.78 is 44.8. The van der Waals surface area contributed by atoms with Crippen molar-refractivity contribution in [2.24, 2.45) is 0 Å². The third kappa shape index (κ3) is 6.14. The fraction of sp³-hybridized carbons (Fsp3) is 0.316. The van der Waals surface area contributed by atoms with Crippen molar-refractivity contribution in [1.82, 2.24) is 9.79 Å². The first-order valence-electron chi connectivity index (χ1n) is 8.78. The predicted octanol–water partition coefficient (Wildman–Crippen LogP) is 3.16. The molecule has 0 saturated carbocycles. The molecule has 2 rings (SSSR count). The molecule has 0 aliphatic carbocycles. The molecule has 1 atom stereocenters. The van der Waals surface area contributed by atoms with Crippen molar-refractivity contribution in [3.8, 4) is 5.75 Å². The highest BCUT2D eigenvalue weighted by Gasteiger charge is 2.33. The van der Waals surface area contributed by atoms with E-state index in [1.54, 1.807) is 24.3 Å². The second-order valence-electron chi connectivity index (χ2n) is 6.19. The van der Waals surface area contributed by atoms with Crippen molar-refractivity contribution < 1.29 is 27.5 Å². The lowest BCUT2D eigenvalue weighted by Crippen LogP contribution is -2.46. The first-order chi connectivity index (χ1) is 13.8. The maximum atomic E-state index is 13.2. The number of nitrogens with one attached hydrogen (secondary N) is 1. The number of alkyl halides is 1. The number of rotatable bonds is 10. The van der Waals surface area contributed by atoms with E-state index in [0.717, 1.165) is 4.31 Å². The van der Waals surface area contributed by atoms with Gasteiger partial charge in [0.05, 0.1) is 18.2 Å². The van der Waals surface area contributed by atoms with E-state index in [9.17, 15) is 17.6 Å². The molecule has 2 N–H and O–H groups in total. The smallest absolute Gasteiger partial charge is 0.261 e. The molecule has 0 saturated heterocycles. The van der Waals surface area contributed by atoms with E-state index in [1.807, 2.05) is 0 Å². The van der Waals surface area contributed by atoms with E-state index < -0.39 is 28.6 Å². The van der Waals surface area contributed by atoms with Crippen LogP contribution in [0.2, 0.25) is 5.02 Å². The maximum Gasteiger partial charge on any atom is 0.261 e. The van der Waals surface area contributed by atoms with Crippen molar-refractivity contribution in [1.29, 1.82) is 0 Å². The highest BCUT2D eigenvalue weighted by atomic mass is 35.5. The molecule has 0 bridgehead atoms. The molecular formula is C19H22ClFN2O5S. The summed E-state index contributed by atoms with van der Waals surface area (Å²) in [4.78, 5) is 11.9. The molecule has 2 aromatic carbocycles. The molecular weight excluding hydrogens is 423 g/mol. The van der Waals surface area contributed by atoms with Crippen molar-refractivity contribution in [2.45, 2.75) is 30.8 Å². The normalized spacial score (nSPS) is 12.6. The van der Waals surface area contributed by atoms with Gasteiger partial charge in [-0.15, -0.1) is 0 Å². The van der Waals surface area contributed by atoms with Crippen LogP contribution in [0.1, 0.15) is 18.9 Å². The Balaban J connectivity index is 2.31. The van der Waals surface area contributed by atoms with Crippen LogP contribution in [-0.4, -0.2) is 43.2 Å². The number of nitrogens with zero attached hydrogens (tertiary/aromatic N) is 1. The Hall–Kier alpha value is -2.20. The number of sulfonamides is 1. The van der Waals surface area contributed by atoms with E-state index in [0.29, 0.717) is 16.3 Å². The lowest BCUT2D eigenvalue weighted by molar-refractivity contribution is -0.132. The van der Waals surface area contributed by atoms with Gasteiger partial charge in [0.1, 0.15) is 11.8 Å². The zero-order valence-electron chi connectivity index (χ0n) is 15.7. The Labute approximate surface area is 174 Å². The average molecular weight is 445 g/mol. The van der Waals surface area contributed by atoms with Gasteiger partial charge in [-0.3, -0.25) is 14.4 Å². The number of hydrogen-bond donors (Lipinski definition) is 2.